The highest BCUT2D eigenvalue weighted by Gasteiger charge is 2.43. The molecule has 1 aromatic carbocycles. The van der Waals surface area contributed by atoms with Gasteiger partial charge in [-0.3, -0.25) is 4.79 Å². The van der Waals surface area contributed by atoms with Crippen LogP contribution in [0.4, 0.5) is 4.79 Å². The van der Waals surface area contributed by atoms with Crippen LogP contribution in [0.5, 0.6) is 5.75 Å². The van der Waals surface area contributed by atoms with Gasteiger partial charge >= 0.3 is 6.09 Å². The first-order valence-corrected chi connectivity index (χ1v) is 11.7. The summed E-state index contributed by atoms with van der Waals surface area (Å²) in [6, 6.07) is 7.74. The Hall–Kier alpha value is -2.50. The molecule has 6 heteroatoms. The van der Waals surface area contributed by atoms with E-state index in [0.29, 0.717) is 13.2 Å². The number of para-hydroxylation sites is 1. The van der Waals surface area contributed by atoms with Gasteiger partial charge in [-0.15, -0.1) is 0 Å². The Labute approximate surface area is 186 Å². The predicted octanol–water partition coefficient (Wildman–Crippen LogP) is 4.74. The molecule has 0 aliphatic carbocycles. The van der Waals surface area contributed by atoms with Crippen molar-refractivity contribution in [2.75, 3.05) is 39.4 Å². The molecule has 0 unspecified atom stereocenters. The number of rotatable bonds is 8. The number of hydrogen-bond donors (Lipinski definition) is 0. The Morgan fingerprint density at radius 2 is 1.74 bits per heavy atom. The highest BCUT2D eigenvalue weighted by Crippen LogP contribution is 2.40. The fourth-order valence-corrected chi connectivity index (χ4v) is 4.47. The van der Waals surface area contributed by atoms with Crippen molar-refractivity contribution in [3.05, 3.63) is 35.9 Å². The van der Waals surface area contributed by atoms with E-state index in [4.69, 9.17) is 9.47 Å². The van der Waals surface area contributed by atoms with Gasteiger partial charge in [0.05, 0.1) is 13.2 Å². The largest absolute Gasteiger partial charge is 0.493 e. The molecule has 170 valence electrons. The van der Waals surface area contributed by atoms with Crippen LogP contribution in [0, 0.1) is 5.41 Å². The molecule has 31 heavy (non-hydrogen) atoms. The second kappa shape index (κ2) is 11.2. The van der Waals surface area contributed by atoms with Gasteiger partial charge in [0.25, 0.3) is 0 Å². The minimum absolute atomic E-state index is 0.0336. The molecular formula is C25H36N2O4. The van der Waals surface area contributed by atoms with Crippen molar-refractivity contribution in [3.8, 4) is 5.75 Å². The zero-order valence-corrected chi connectivity index (χ0v) is 19.0. The molecular weight excluding hydrogens is 392 g/mol. The first kappa shape index (κ1) is 23.2. The summed E-state index contributed by atoms with van der Waals surface area (Å²) in [5.41, 5.74) is 1.04. The maximum atomic E-state index is 12.7. The molecule has 1 spiro atoms. The Morgan fingerprint density at radius 3 is 2.45 bits per heavy atom. The summed E-state index contributed by atoms with van der Waals surface area (Å²) in [6.45, 7) is 8.16. The summed E-state index contributed by atoms with van der Waals surface area (Å²) in [4.78, 5) is 28.8. The highest BCUT2D eigenvalue weighted by atomic mass is 16.6. The van der Waals surface area contributed by atoms with E-state index in [1.165, 1.54) is 0 Å². The van der Waals surface area contributed by atoms with Gasteiger partial charge in [0.15, 0.2) is 0 Å². The molecule has 2 aliphatic heterocycles. The van der Waals surface area contributed by atoms with E-state index in [2.05, 4.69) is 6.92 Å². The Balaban J connectivity index is 1.47. The van der Waals surface area contributed by atoms with Gasteiger partial charge in [-0.05, 0) is 50.2 Å². The quantitative estimate of drug-likeness (QED) is 0.443. The van der Waals surface area contributed by atoms with Gasteiger partial charge in [-0.2, -0.15) is 0 Å². The lowest BCUT2D eigenvalue weighted by molar-refractivity contribution is -0.128. The molecule has 2 fully saturated rings. The van der Waals surface area contributed by atoms with Crippen LogP contribution in [0.3, 0.4) is 0 Å². The average Bonchev–Trinajstić information content (AvgIpc) is 3.20. The van der Waals surface area contributed by atoms with Crippen molar-refractivity contribution in [3.63, 3.8) is 0 Å². The molecule has 2 saturated heterocycles. The van der Waals surface area contributed by atoms with Crippen molar-refractivity contribution in [1.82, 2.24) is 9.80 Å². The lowest BCUT2D eigenvalue weighted by atomic mass is 9.78. The Kier molecular flexibility index (Phi) is 8.38. The summed E-state index contributed by atoms with van der Waals surface area (Å²) in [7, 11) is 0. The second-order valence-electron chi connectivity index (χ2n) is 8.62. The predicted molar refractivity (Wildman–Crippen MR) is 122 cm³/mol. The van der Waals surface area contributed by atoms with Crippen molar-refractivity contribution in [1.29, 1.82) is 0 Å². The third-order valence-corrected chi connectivity index (χ3v) is 6.43. The number of likely N-dealkylation sites (tertiary alicyclic amines) is 2. The minimum Gasteiger partial charge on any atom is -0.493 e. The molecule has 0 saturated carbocycles. The van der Waals surface area contributed by atoms with E-state index < -0.39 is 0 Å². The molecule has 2 heterocycles. The fourth-order valence-electron chi connectivity index (χ4n) is 4.47. The van der Waals surface area contributed by atoms with Crippen molar-refractivity contribution < 1.29 is 19.1 Å². The van der Waals surface area contributed by atoms with Gasteiger partial charge in [0, 0.05) is 37.8 Å². The van der Waals surface area contributed by atoms with E-state index >= 15 is 0 Å². The van der Waals surface area contributed by atoms with E-state index in [0.717, 1.165) is 76.0 Å². The zero-order valence-electron chi connectivity index (χ0n) is 19.0. The van der Waals surface area contributed by atoms with Gasteiger partial charge in [0.1, 0.15) is 5.75 Å². The summed E-state index contributed by atoms with van der Waals surface area (Å²) in [5, 5.41) is 0. The number of unbranched alkanes of at least 4 members (excludes halogenated alkanes) is 2. The molecule has 2 amide bonds. The first-order chi connectivity index (χ1) is 15.1. The van der Waals surface area contributed by atoms with Crippen LogP contribution < -0.4 is 4.74 Å². The second-order valence-corrected chi connectivity index (χ2v) is 8.62. The fraction of sp³-hybridized carbons (Fsp3) is 0.600. The van der Waals surface area contributed by atoms with Crippen molar-refractivity contribution in [2.24, 2.45) is 5.41 Å². The topological polar surface area (TPSA) is 59.1 Å². The standard InChI is InChI=1S/C25H36N2O4/c1-3-5-8-19-31-24(29)27-18-15-25(20-27)13-16-26(17-14-25)23(28)12-11-21-9-6-7-10-22(21)30-4-2/h6-7,9-12H,3-5,8,13-20H2,1-2H3/b12-11+. The van der Waals surface area contributed by atoms with Crippen LogP contribution in [0.25, 0.3) is 6.08 Å². The van der Waals surface area contributed by atoms with Gasteiger partial charge < -0.3 is 19.3 Å². The van der Waals surface area contributed by atoms with Crippen LogP contribution in [-0.2, 0) is 9.53 Å². The lowest BCUT2D eigenvalue weighted by Crippen LogP contribution is -2.44. The normalized spacial score (nSPS) is 18.0. The summed E-state index contributed by atoms with van der Waals surface area (Å²) in [5.74, 6) is 0.825. The third-order valence-electron chi connectivity index (χ3n) is 6.43. The SMILES string of the molecule is CCCCCOC(=O)N1CCC2(CCN(C(=O)/C=C/c3ccccc3OCC)CC2)C1. The van der Waals surface area contributed by atoms with E-state index in [-0.39, 0.29) is 17.4 Å². The molecule has 2 aliphatic rings. The van der Waals surface area contributed by atoms with Gasteiger partial charge in [0.2, 0.25) is 5.91 Å². The number of piperidine rings is 1. The van der Waals surface area contributed by atoms with Gasteiger partial charge in [-0.1, -0.05) is 38.0 Å². The number of amides is 2. The molecule has 6 nitrogen and oxygen atoms in total. The summed E-state index contributed by atoms with van der Waals surface area (Å²) in [6.07, 6.45) is 9.30. The van der Waals surface area contributed by atoms with E-state index in [1.54, 1.807) is 6.08 Å². The number of benzene rings is 1. The van der Waals surface area contributed by atoms with Gasteiger partial charge in [-0.25, -0.2) is 4.79 Å². The molecule has 0 atom stereocenters. The van der Waals surface area contributed by atoms with Crippen molar-refractivity contribution in [2.45, 2.75) is 52.4 Å². The molecule has 0 N–H and O–H groups in total. The molecule has 0 aromatic heterocycles. The first-order valence-electron chi connectivity index (χ1n) is 11.7. The molecule has 1 aromatic rings. The zero-order chi connectivity index (χ0) is 22.1. The van der Waals surface area contributed by atoms with Crippen LogP contribution in [0.15, 0.2) is 30.3 Å². The van der Waals surface area contributed by atoms with Crippen molar-refractivity contribution >= 4 is 18.1 Å². The molecule has 0 bridgehead atoms. The maximum absolute atomic E-state index is 12.7. The summed E-state index contributed by atoms with van der Waals surface area (Å²) < 4.78 is 11.1. The third kappa shape index (κ3) is 6.25. The van der Waals surface area contributed by atoms with Crippen LogP contribution >= 0.6 is 0 Å². The van der Waals surface area contributed by atoms with E-state index in [9.17, 15) is 9.59 Å². The minimum atomic E-state index is -0.178. The van der Waals surface area contributed by atoms with Crippen LogP contribution in [0.2, 0.25) is 0 Å². The Morgan fingerprint density at radius 1 is 1.03 bits per heavy atom. The highest BCUT2D eigenvalue weighted by molar-refractivity contribution is 5.92. The van der Waals surface area contributed by atoms with Crippen LogP contribution in [-0.4, -0.2) is 61.2 Å². The smallest absolute Gasteiger partial charge is 0.409 e. The molecule has 3 rings (SSSR count). The Bertz CT molecular complexity index is 769. The number of nitrogens with zero attached hydrogens (tertiary/aromatic N) is 2. The lowest BCUT2D eigenvalue weighted by Gasteiger charge is -2.38. The van der Waals surface area contributed by atoms with E-state index in [1.807, 2.05) is 47.1 Å². The number of ether oxygens (including phenoxy) is 2. The summed E-state index contributed by atoms with van der Waals surface area (Å²) >= 11 is 0. The average molecular weight is 429 g/mol. The number of hydrogen-bond acceptors (Lipinski definition) is 4. The molecule has 0 radical (unpaired) electrons. The van der Waals surface area contributed by atoms with Crippen LogP contribution in [0.1, 0.15) is 57.9 Å². The maximum Gasteiger partial charge on any atom is 0.409 e. The monoisotopic (exact) mass is 428 g/mol. The number of carbonyl (C=O) groups is 2. The number of carbonyl (C=O) groups excluding carboxylic acids is 2.